The molecule has 94 valence electrons. The molecule has 4 nitrogen and oxygen atoms in total. The zero-order chi connectivity index (χ0) is 12.8. The van der Waals surface area contributed by atoms with Crippen LogP contribution in [0.5, 0.6) is 11.5 Å². The molecular formula is C12H16O4S. The van der Waals surface area contributed by atoms with Gasteiger partial charge in [0.1, 0.15) is 16.7 Å². The highest BCUT2D eigenvalue weighted by molar-refractivity contribution is 8.00. The van der Waals surface area contributed by atoms with E-state index in [2.05, 4.69) is 0 Å². The van der Waals surface area contributed by atoms with Crippen molar-refractivity contribution in [1.29, 1.82) is 0 Å². The van der Waals surface area contributed by atoms with Crippen LogP contribution in [0.2, 0.25) is 0 Å². The summed E-state index contributed by atoms with van der Waals surface area (Å²) < 4.78 is 10.3. The van der Waals surface area contributed by atoms with Gasteiger partial charge in [0, 0.05) is 6.07 Å². The lowest BCUT2D eigenvalue weighted by atomic mass is 10.3. The molecule has 17 heavy (non-hydrogen) atoms. The maximum atomic E-state index is 11.0. The van der Waals surface area contributed by atoms with Crippen molar-refractivity contribution < 1.29 is 19.4 Å². The predicted molar refractivity (Wildman–Crippen MR) is 67.1 cm³/mol. The van der Waals surface area contributed by atoms with Crippen molar-refractivity contribution in [2.24, 2.45) is 0 Å². The normalized spacial score (nSPS) is 11.9. The SMILES string of the molecule is CCC(Sc1ccc(OC)cc1OC)C(=O)O. The molecule has 0 fully saturated rings. The molecule has 5 heteroatoms. The van der Waals surface area contributed by atoms with Gasteiger partial charge in [0.15, 0.2) is 0 Å². The quantitative estimate of drug-likeness (QED) is 0.793. The molecular weight excluding hydrogens is 240 g/mol. The number of ether oxygens (including phenoxy) is 2. The number of methoxy groups -OCH3 is 2. The number of hydrogen-bond acceptors (Lipinski definition) is 4. The Labute approximate surface area is 105 Å². The summed E-state index contributed by atoms with van der Waals surface area (Å²) in [6.07, 6.45) is 0.565. The van der Waals surface area contributed by atoms with Gasteiger partial charge in [-0.05, 0) is 18.6 Å². The fourth-order valence-electron chi connectivity index (χ4n) is 1.33. The Morgan fingerprint density at radius 2 is 2.12 bits per heavy atom. The smallest absolute Gasteiger partial charge is 0.316 e. The topological polar surface area (TPSA) is 55.8 Å². The molecule has 0 aliphatic rings. The van der Waals surface area contributed by atoms with Gasteiger partial charge < -0.3 is 14.6 Å². The minimum absolute atomic E-state index is 0.461. The largest absolute Gasteiger partial charge is 0.497 e. The number of benzene rings is 1. The third-order valence-corrected chi connectivity index (χ3v) is 3.70. The van der Waals surface area contributed by atoms with Gasteiger partial charge in [-0.25, -0.2) is 0 Å². The molecule has 0 spiro atoms. The first-order valence-corrected chi connectivity index (χ1v) is 6.11. The number of carboxylic acids is 1. The minimum Gasteiger partial charge on any atom is -0.497 e. The van der Waals surface area contributed by atoms with Crippen molar-refractivity contribution in [3.05, 3.63) is 18.2 Å². The van der Waals surface area contributed by atoms with Crippen molar-refractivity contribution in [1.82, 2.24) is 0 Å². The molecule has 1 unspecified atom stereocenters. The van der Waals surface area contributed by atoms with Crippen LogP contribution in [0.3, 0.4) is 0 Å². The summed E-state index contributed by atoms with van der Waals surface area (Å²) in [5.74, 6) is 0.513. The Hall–Kier alpha value is -1.36. The molecule has 0 bridgehead atoms. The Morgan fingerprint density at radius 1 is 1.41 bits per heavy atom. The molecule has 1 rings (SSSR count). The summed E-state index contributed by atoms with van der Waals surface area (Å²) in [7, 11) is 3.13. The summed E-state index contributed by atoms with van der Waals surface area (Å²) in [5, 5.41) is 8.55. The molecule has 0 saturated carbocycles. The molecule has 0 aromatic heterocycles. The van der Waals surface area contributed by atoms with Crippen LogP contribution in [-0.4, -0.2) is 30.5 Å². The average Bonchev–Trinajstić information content (AvgIpc) is 2.35. The van der Waals surface area contributed by atoms with Crippen molar-refractivity contribution >= 4 is 17.7 Å². The predicted octanol–water partition coefficient (Wildman–Crippen LogP) is 2.66. The molecule has 0 aliphatic carbocycles. The Balaban J connectivity index is 2.93. The minimum atomic E-state index is -0.810. The first kappa shape index (κ1) is 13.7. The molecule has 0 saturated heterocycles. The van der Waals surface area contributed by atoms with Crippen LogP contribution in [0.1, 0.15) is 13.3 Å². The standard InChI is InChI=1S/C12H16O4S/c1-4-10(12(13)14)17-11-6-5-8(15-2)7-9(11)16-3/h5-7,10H,4H2,1-3H3,(H,13,14). The van der Waals surface area contributed by atoms with E-state index in [9.17, 15) is 4.79 Å². The highest BCUT2D eigenvalue weighted by Gasteiger charge is 2.18. The fraction of sp³-hybridized carbons (Fsp3) is 0.417. The van der Waals surface area contributed by atoms with Crippen LogP contribution in [-0.2, 0) is 4.79 Å². The zero-order valence-corrected chi connectivity index (χ0v) is 10.9. The van der Waals surface area contributed by atoms with E-state index in [0.29, 0.717) is 17.9 Å². The van der Waals surface area contributed by atoms with E-state index in [1.165, 1.54) is 11.8 Å². The van der Waals surface area contributed by atoms with Crippen molar-refractivity contribution in [3.63, 3.8) is 0 Å². The van der Waals surface area contributed by atoms with E-state index in [4.69, 9.17) is 14.6 Å². The molecule has 1 N–H and O–H groups in total. The number of rotatable bonds is 6. The molecule has 1 aromatic carbocycles. The molecule has 0 heterocycles. The first-order chi connectivity index (χ1) is 8.12. The second kappa shape index (κ2) is 6.39. The zero-order valence-electron chi connectivity index (χ0n) is 10.1. The van der Waals surface area contributed by atoms with Gasteiger partial charge in [0.05, 0.1) is 19.1 Å². The van der Waals surface area contributed by atoms with Crippen LogP contribution in [0, 0.1) is 0 Å². The Kier molecular flexibility index (Phi) is 5.15. The number of carbonyl (C=O) groups is 1. The van der Waals surface area contributed by atoms with Gasteiger partial charge in [0.25, 0.3) is 0 Å². The number of hydrogen-bond donors (Lipinski definition) is 1. The van der Waals surface area contributed by atoms with Crippen LogP contribution in [0.4, 0.5) is 0 Å². The monoisotopic (exact) mass is 256 g/mol. The first-order valence-electron chi connectivity index (χ1n) is 5.23. The summed E-state index contributed by atoms with van der Waals surface area (Å²) in [5.41, 5.74) is 0. The van der Waals surface area contributed by atoms with E-state index in [1.807, 2.05) is 13.0 Å². The summed E-state index contributed by atoms with van der Waals surface area (Å²) in [4.78, 5) is 11.8. The summed E-state index contributed by atoms with van der Waals surface area (Å²) in [6, 6.07) is 5.35. The van der Waals surface area contributed by atoms with Crippen LogP contribution < -0.4 is 9.47 Å². The van der Waals surface area contributed by atoms with Crippen molar-refractivity contribution in [2.75, 3.05) is 14.2 Å². The maximum absolute atomic E-state index is 11.0. The van der Waals surface area contributed by atoms with Gasteiger partial charge >= 0.3 is 5.97 Å². The average molecular weight is 256 g/mol. The fourth-order valence-corrected chi connectivity index (χ4v) is 2.31. The van der Waals surface area contributed by atoms with Crippen LogP contribution >= 0.6 is 11.8 Å². The molecule has 0 aliphatic heterocycles. The van der Waals surface area contributed by atoms with E-state index in [0.717, 1.165) is 4.90 Å². The highest BCUT2D eigenvalue weighted by Crippen LogP contribution is 2.35. The molecule has 0 radical (unpaired) electrons. The van der Waals surface area contributed by atoms with Crippen LogP contribution in [0.15, 0.2) is 23.1 Å². The van der Waals surface area contributed by atoms with Gasteiger partial charge in [-0.3, -0.25) is 4.79 Å². The summed E-state index contributed by atoms with van der Waals surface area (Å²) in [6.45, 7) is 1.85. The second-order valence-corrected chi connectivity index (χ2v) is 4.61. The number of carboxylic acid groups (broad SMARTS) is 1. The van der Waals surface area contributed by atoms with Gasteiger partial charge in [-0.15, -0.1) is 11.8 Å². The van der Waals surface area contributed by atoms with Gasteiger partial charge in [-0.2, -0.15) is 0 Å². The van der Waals surface area contributed by atoms with Crippen molar-refractivity contribution in [2.45, 2.75) is 23.5 Å². The number of aliphatic carboxylic acids is 1. The molecule has 1 aromatic rings. The van der Waals surface area contributed by atoms with E-state index in [-0.39, 0.29) is 0 Å². The van der Waals surface area contributed by atoms with Crippen LogP contribution in [0.25, 0.3) is 0 Å². The lowest BCUT2D eigenvalue weighted by Crippen LogP contribution is -2.14. The third kappa shape index (κ3) is 3.56. The number of thioether (sulfide) groups is 1. The summed E-state index contributed by atoms with van der Waals surface area (Å²) >= 11 is 1.29. The molecule has 0 amide bonds. The Morgan fingerprint density at radius 3 is 2.59 bits per heavy atom. The second-order valence-electron chi connectivity index (χ2n) is 3.37. The van der Waals surface area contributed by atoms with Gasteiger partial charge in [-0.1, -0.05) is 6.92 Å². The van der Waals surface area contributed by atoms with Gasteiger partial charge in [0.2, 0.25) is 0 Å². The lowest BCUT2D eigenvalue weighted by Gasteiger charge is -2.13. The molecule has 1 atom stereocenters. The Bertz CT molecular complexity index is 392. The lowest BCUT2D eigenvalue weighted by molar-refractivity contribution is -0.136. The van der Waals surface area contributed by atoms with Crippen molar-refractivity contribution in [3.8, 4) is 11.5 Å². The van der Waals surface area contributed by atoms with E-state index >= 15 is 0 Å². The van der Waals surface area contributed by atoms with E-state index < -0.39 is 11.2 Å². The van der Waals surface area contributed by atoms with E-state index in [1.54, 1.807) is 26.4 Å². The maximum Gasteiger partial charge on any atom is 0.316 e. The third-order valence-electron chi connectivity index (χ3n) is 2.29. The highest BCUT2D eigenvalue weighted by atomic mass is 32.2.